The van der Waals surface area contributed by atoms with Crippen molar-refractivity contribution in [1.82, 2.24) is 0 Å². The van der Waals surface area contributed by atoms with Crippen LogP contribution in [-0.4, -0.2) is 43.3 Å². The lowest BCUT2D eigenvalue weighted by Gasteiger charge is -2.24. The molecule has 160 valence electrons. The van der Waals surface area contributed by atoms with Gasteiger partial charge in [-0.1, -0.05) is 62.2 Å². The zero-order valence-electron chi connectivity index (χ0n) is 18.1. The highest BCUT2D eigenvalue weighted by molar-refractivity contribution is 6.60. The van der Waals surface area contributed by atoms with Crippen LogP contribution in [0.1, 0.15) is 32.6 Å². The second-order valence-electron chi connectivity index (χ2n) is 6.80. The Morgan fingerprint density at radius 1 is 0.724 bits per heavy atom. The van der Waals surface area contributed by atoms with Gasteiger partial charge in [0.25, 0.3) is 0 Å². The van der Waals surface area contributed by atoms with Gasteiger partial charge in [-0.25, -0.2) is 0 Å². The molecule has 0 N–H and O–H groups in total. The molecular formula is C23H34O5Si. The summed E-state index contributed by atoms with van der Waals surface area (Å²) in [5.74, 6) is 1.57. The van der Waals surface area contributed by atoms with Gasteiger partial charge in [-0.05, 0) is 24.5 Å². The number of unbranched alkanes of at least 4 members (excludes halogenated alkanes) is 2. The van der Waals surface area contributed by atoms with Crippen molar-refractivity contribution in [3.05, 3.63) is 48.5 Å². The molecule has 0 aromatic heterocycles. The summed E-state index contributed by atoms with van der Waals surface area (Å²) in [7, 11) is 2.31. The van der Waals surface area contributed by atoms with E-state index < -0.39 is 8.80 Å². The SMILES string of the molecule is CCCCCOc1cccc(-c2ccccc2)c1OCCC[Si](OC)(OC)OC. The smallest absolute Gasteiger partial charge is 0.490 e. The Morgan fingerprint density at radius 3 is 2.07 bits per heavy atom. The summed E-state index contributed by atoms with van der Waals surface area (Å²) in [4.78, 5) is 0. The van der Waals surface area contributed by atoms with Crippen molar-refractivity contribution in [2.24, 2.45) is 0 Å². The first-order valence-electron chi connectivity index (χ1n) is 10.3. The topological polar surface area (TPSA) is 46.2 Å². The standard InChI is InChI=1S/C23H34O5Si/c1-5-6-10-17-27-22-16-11-15-21(20-13-8-7-9-14-20)23(22)28-18-12-19-29(24-2,25-3)26-4/h7-9,11,13-16H,5-6,10,12,17-19H2,1-4H3. The molecule has 0 atom stereocenters. The van der Waals surface area contributed by atoms with Crippen LogP contribution >= 0.6 is 0 Å². The molecule has 0 amide bonds. The molecule has 0 aliphatic rings. The maximum absolute atomic E-state index is 6.24. The number of rotatable bonds is 14. The summed E-state index contributed by atoms with van der Waals surface area (Å²) >= 11 is 0. The second-order valence-corrected chi connectivity index (χ2v) is 9.89. The average Bonchev–Trinajstić information content (AvgIpc) is 2.78. The zero-order chi connectivity index (χ0) is 21.0. The largest absolute Gasteiger partial charge is 0.500 e. The molecule has 0 saturated heterocycles. The molecule has 0 fully saturated rings. The maximum atomic E-state index is 6.24. The van der Waals surface area contributed by atoms with Gasteiger partial charge >= 0.3 is 8.80 Å². The van der Waals surface area contributed by atoms with Gasteiger partial charge in [-0.15, -0.1) is 0 Å². The molecule has 0 bridgehead atoms. The van der Waals surface area contributed by atoms with Crippen molar-refractivity contribution in [2.45, 2.75) is 38.7 Å². The second kappa shape index (κ2) is 12.6. The van der Waals surface area contributed by atoms with Gasteiger partial charge in [0.1, 0.15) is 0 Å². The fraction of sp³-hybridized carbons (Fsp3) is 0.478. The van der Waals surface area contributed by atoms with Gasteiger partial charge in [0.15, 0.2) is 11.5 Å². The first-order valence-corrected chi connectivity index (χ1v) is 12.2. The number of para-hydroxylation sites is 1. The summed E-state index contributed by atoms with van der Waals surface area (Å²) in [6.07, 6.45) is 4.13. The zero-order valence-corrected chi connectivity index (χ0v) is 19.1. The summed E-state index contributed by atoms with van der Waals surface area (Å²) in [5.41, 5.74) is 2.14. The number of ether oxygens (including phenoxy) is 2. The van der Waals surface area contributed by atoms with Crippen LogP contribution in [-0.2, 0) is 13.3 Å². The van der Waals surface area contributed by atoms with Crippen LogP contribution < -0.4 is 9.47 Å². The fourth-order valence-corrected chi connectivity index (χ4v) is 4.87. The van der Waals surface area contributed by atoms with Gasteiger partial charge < -0.3 is 22.8 Å². The fourth-order valence-electron chi connectivity index (χ4n) is 3.18. The van der Waals surface area contributed by atoms with E-state index in [9.17, 15) is 0 Å². The van der Waals surface area contributed by atoms with E-state index in [0.717, 1.165) is 41.9 Å². The average molecular weight is 419 g/mol. The Labute approximate surface area is 176 Å². The minimum absolute atomic E-state index is 0.528. The lowest BCUT2D eigenvalue weighted by molar-refractivity contribution is 0.121. The van der Waals surface area contributed by atoms with E-state index in [1.54, 1.807) is 21.3 Å². The lowest BCUT2D eigenvalue weighted by Crippen LogP contribution is -2.42. The van der Waals surface area contributed by atoms with E-state index in [1.165, 1.54) is 6.42 Å². The Balaban J connectivity index is 2.13. The number of hydrogen-bond acceptors (Lipinski definition) is 5. The molecule has 0 spiro atoms. The van der Waals surface area contributed by atoms with Crippen molar-refractivity contribution in [3.8, 4) is 22.6 Å². The van der Waals surface area contributed by atoms with E-state index in [-0.39, 0.29) is 0 Å². The molecule has 0 saturated carbocycles. The van der Waals surface area contributed by atoms with Crippen LogP contribution in [0.3, 0.4) is 0 Å². The minimum atomic E-state index is -2.59. The predicted octanol–water partition coefficient (Wildman–Crippen LogP) is 5.57. The van der Waals surface area contributed by atoms with E-state index in [4.69, 9.17) is 22.8 Å². The van der Waals surface area contributed by atoms with Crippen LogP contribution in [0.15, 0.2) is 48.5 Å². The molecule has 2 aromatic rings. The van der Waals surface area contributed by atoms with Gasteiger partial charge in [-0.3, -0.25) is 0 Å². The van der Waals surface area contributed by atoms with E-state index >= 15 is 0 Å². The minimum Gasteiger partial charge on any atom is -0.490 e. The van der Waals surface area contributed by atoms with E-state index in [2.05, 4.69) is 25.1 Å². The normalized spacial score (nSPS) is 11.4. The monoisotopic (exact) mass is 418 g/mol. The van der Waals surface area contributed by atoms with Crippen molar-refractivity contribution in [1.29, 1.82) is 0 Å². The molecule has 0 aliphatic carbocycles. The quantitative estimate of drug-likeness (QED) is 0.296. The van der Waals surface area contributed by atoms with Crippen LogP contribution in [0.4, 0.5) is 0 Å². The van der Waals surface area contributed by atoms with Crippen LogP contribution in [0, 0.1) is 0 Å². The molecule has 2 rings (SSSR count). The highest BCUT2D eigenvalue weighted by Crippen LogP contribution is 2.38. The number of hydrogen-bond donors (Lipinski definition) is 0. The first kappa shape index (κ1) is 23.4. The van der Waals surface area contributed by atoms with Gasteiger partial charge in [0, 0.05) is 32.9 Å². The van der Waals surface area contributed by atoms with Crippen molar-refractivity contribution >= 4 is 8.80 Å². The number of benzene rings is 2. The van der Waals surface area contributed by atoms with Crippen molar-refractivity contribution in [2.75, 3.05) is 34.5 Å². The summed E-state index contributed by atoms with van der Waals surface area (Å²) in [5, 5.41) is 0. The molecule has 0 aliphatic heterocycles. The predicted molar refractivity (Wildman–Crippen MR) is 119 cm³/mol. The van der Waals surface area contributed by atoms with Crippen LogP contribution in [0.25, 0.3) is 11.1 Å². The molecule has 0 unspecified atom stereocenters. The van der Waals surface area contributed by atoms with Gasteiger partial charge in [0.05, 0.1) is 13.2 Å². The van der Waals surface area contributed by atoms with E-state index in [1.807, 2.05) is 30.3 Å². The van der Waals surface area contributed by atoms with Crippen LogP contribution in [0.2, 0.25) is 6.04 Å². The van der Waals surface area contributed by atoms with E-state index in [0.29, 0.717) is 19.3 Å². The third-order valence-corrected chi connectivity index (χ3v) is 7.71. The Hall–Kier alpha value is -1.86. The highest BCUT2D eigenvalue weighted by atomic mass is 28.4. The Kier molecular flexibility index (Phi) is 10.2. The maximum Gasteiger partial charge on any atom is 0.500 e. The van der Waals surface area contributed by atoms with Crippen molar-refractivity contribution in [3.63, 3.8) is 0 Å². The van der Waals surface area contributed by atoms with Gasteiger partial charge in [0.2, 0.25) is 0 Å². The summed E-state index contributed by atoms with van der Waals surface area (Å²) < 4.78 is 28.8. The summed E-state index contributed by atoms with van der Waals surface area (Å²) in [6, 6.07) is 17.0. The third-order valence-electron chi connectivity index (χ3n) is 4.88. The Bertz CT molecular complexity index is 695. The molecule has 29 heavy (non-hydrogen) atoms. The lowest BCUT2D eigenvalue weighted by atomic mass is 10.0. The first-order chi connectivity index (χ1) is 14.2. The molecule has 0 heterocycles. The molecule has 2 aromatic carbocycles. The highest BCUT2D eigenvalue weighted by Gasteiger charge is 2.37. The third kappa shape index (κ3) is 6.85. The molecule has 6 heteroatoms. The van der Waals surface area contributed by atoms with Crippen LogP contribution in [0.5, 0.6) is 11.5 Å². The Morgan fingerprint density at radius 2 is 1.41 bits per heavy atom. The van der Waals surface area contributed by atoms with Crippen molar-refractivity contribution < 1.29 is 22.8 Å². The van der Waals surface area contributed by atoms with Gasteiger partial charge in [-0.2, -0.15) is 0 Å². The molecule has 0 radical (unpaired) electrons. The molecular weight excluding hydrogens is 384 g/mol. The summed E-state index contributed by atoms with van der Waals surface area (Å²) in [6.45, 7) is 3.41. The molecule has 5 nitrogen and oxygen atoms in total.